The number of benzene rings is 1. The van der Waals surface area contributed by atoms with Gasteiger partial charge in [-0.05, 0) is 36.4 Å². The highest BCUT2D eigenvalue weighted by molar-refractivity contribution is 7.99. The lowest BCUT2D eigenvalue weighted by Crippen LogP contribution is -2.20. The third-order valence-corrected chi connectivity index (χ3v) is 4.54. The predicted molar refractivity (Wildman–Crippen MR) is 78.0 cm³/mol. The lowest BCUT2D eigenvalue weighted by atomic mass is 10.2. The Morgan fingerprint density at radius 3 is 2.82 bits per heavy atom. The van der Waals surface area contributed by atoms with Crippen LogP contribution in [0.1, 0.15) is 22.2 Å². The normalized spacial score (nSPS) is 17.5. The summed E-state index contributed by atoms with van der Waals surface area (Å²) in [6, 6.07) is 9.51. The molecule has 2 aromatic heterocycles. The summed E-state index contributed by atoms with van der Waals surface area (Å²) in [6.07, 6.45) is 1.89. The van der Waals surface area contributed by atoms with Crippen LogP contribution in [0.15, 0.2) is 52.2 Å². The van der Waals surface area contributed by atoms with Crippen molar-refractivity contribution in [2.24, 2.45) is 0 Å². The van der Waals surface area contributed by atoms with Gasteiger partial charge in [0.25, 0.3) is 5.91 Å². The summed E-state index contributed by atoms with van der Waals surface area (Å²) in [6.45, 7) is 0. The molecule has 110 valence electrons. The van der Waals surface area contributed by atoms with Crippen LogP contribution in [0.5, 0.6) is 0 Å². The summed E-state index contributed by atoms with van der Waals surface area (Å²) in [5.74, 6) is 0.707. The summed E-state index contributed by atoms with van der Waals surface area (Å²) < 4.78 is 19.7. The summed E-state index contributed by atoms with van der Waals surface area (Å²) in [4.78, 5) is 16.6. The molecule has 1 aromatic carbocycles. The fourth-order valence-electron chi connectivity index (χ4n) is 2.30. The molecule has 1 atom stereocenters. The molecule has 0 unspecified atom stereocenters. The van der Waals surface area contributed by atoms with Crippen LogP contribution in [-0.4, -0.2) is 20.7 Å². The minimum atomic E-state index is -0.323. The molecule has 0 radical (unpaired) electrons. The molecule has 7 heteroatoms. The molecule has 0 bridgehead atoms. The fourth-order valence-corrected chi connectivity index (χ4v) is 3.42. The minimum Gasteiger partial charge on any atom is -0.468 e. The molecule has 0 fully saturated rings. The summed E-state index contributed by atoms with van der Waals surface area (Å²) in [5, 5.41) is 4.66. The van der Waals surface area contributed by atoms with Gasteiger partial charge < -0.3 is 4.42 Å². The molecule has 3 aromatic rings. The van der Waals surface area contributed by atoms with Gasteiger partial charge in [0.05, 0.1) is 11.5 Å². The van der Waals surface area contributed by atoms with Gasteiger partial charge in [0.15, 0.2) is 11.0 Å². The number of carbonyl (C=O) groups is 1. The maximum absolute atomic E-state index is 13.0. The van der Waals surface area contributed by atoms with Crippen LogP contribution >= 0.6 is 11.8 Å². The first kappa shape index (κ1) is 13.3. The molecule has 0 saturated heterocycles. The molecular formula is C15H10FN3O2S. The Morgan fingerprint density at radius 2 is 2.09 bits per heavy atom. The van der Waals surface area contributed by atoms with Crippen LogP contribution in [0.3, 0.4) is 0 Å². The monoisotopic (exact) mass is 315 g/mol. The van der Waals surface area contributed by atoms with E-state index < -0.39 is 0 Å². The van der Waals surface area contributed by atoms with Crippen LogP contribution in [0.25, 0.3) is 11.4 Å². The Morgan fingerprint density at radius 1 is 1.27 bits per heavy atom. The topological polar surface area (TPSA) is 60.9 Å². The van der Waals surface area contributed by atoms with Gasteiger partial charge in [0.1, 0.15) is 11.6 Å². The summed E-state index contributed by atoms with van der Waals surface area (Å²) >= 11 is 1.44. The summed E-state index contributed by atoms with van der Waals surface area (Å²) in [5.41, 5.74) is 0.672. The molecule has 22 heavy (non-hydrogen) atoms. The van der Waals surface area contributed by atoms with Crippen molar-refractivity contribution in [3.05, 3.63) is 54.2 Å². The molecule has 5 nitrogen and oxygen atoms in total. The molecule has 3 heterocycles. The third-order valence-electron chi connectivity index (χ3n) is 3.38. The van der Waals surface area contributed by atoms with Gasteiger partial charge in [-0.1, -0.05) is 11.8 Å². The van der Waals surface area contributed by atoms with E-state index in [0.717, 1.165) is 5.76 Å². The van der Waals surface area contributed by atoms with E-state index in [4.69, 9.17) is 4.42 Å². The number of rotatable bonds is 2. The molecule has 0 amide bonds. The molecular weight excluding hydrogens is 305 g/mol. The Labute approximate surface area is 129 Å². The van der Waals surface area contributed by atoms with E-state index in [1.807, 2.05) is 6.07 Å². The van der Waals surface area contributed by atoms with Crippen molar-refractivity contribution in [1.29, 1.82) is 0 Å². The van der Waals surface area contributed by atoms with E-state index in [-0.39, 0.29) is 17.0 Å². The molecule has 0 N–H and O–H groups in total. The number of nitrogens with zero attached hydrogens (tertiary/aromatic N) is 3. The second kappa shape index (κ2) is 5.10. The van der Waals surface area contributed by atoms with Crippen molar-refractivity contribution in [2.75, 3.05) is 0 Å². The zero-order valence-corrected chi connectivity index (χ0v) is 12.1. The first-order valence-corrected chi connectivity index (χ1v) is 7.55. The lowest BCUT2D eigenvalue weighted by Gasteiger charge is -2.17. The van der Waals surface area contributed by atoms with E-state index in [0.29, 0.717) is 23.0 Å². The van der Waals surface area contributed by atoms with E-state index >= 15 is 0 Å². The molecule has 4 rings (SSSR count). The average Bonchev–Trinajstić information content (AvgIpc) is 3.17. The number of fused-ring (bicyclic) bond motifs is 1. The average molecular weight is 315 g/mol. The highest BCUT2D eigenvalue weighted by Crippen LogP contribution is 2.41. The van der Waals surface area contributed by atoms with E-state index in [2.05, 4.69) is 10.1 Å². The maximum atomic E-state index is 13.0. The molecule has 1 aliphatic rings. The number of furan rings is 1. The van der Waals surface area contributed by atoms with E-state index in [9.17, 15) is 9.18 Å². The highest BCUT2D eigenvalue weighted by atomic mass is 32.2. The molecule has 0 saturated carbocycles. The largest absolute Gasteiger partial charge is 0.468 e. The van der Waals surface area contributed by atoms with Crippen molar-refractivity contribution >= 4 is 17.7 Å². The van der Waals surface area contributed by atoms with Crippen LogP contribution < -0.4 is 0 Å². The summed E-state index contributed by atoms with van der Waals surface area (Å²) in [7, 11) is 0. The van der Waals surface area contributed by atoms with E-state index in [1.54, 1.807) is 24.5 Å². The SMILES string of the molecule is O=C1C[C@@H](c2ccco2)Sc2nc(-c3ccc(F)cc3)nn21. The maximum Gasteiger partial charge on any atom is 0.250 e. The first-order chi connectivity index (χ1) is 10.7. The highest BCUT2D eigenvalue weighted by Gasteiger charge is 2.31. The second-order valence-corrected chi connectivity index (χ2v) is 6.03. The van der Waals surface area contributed by atoms with Crippen molar-refractivity contribution in [2.45, 2.75) is 16.8 Å². The van der Waals surface area contributed by atoms with Crippen LogP contribution in [0.4, 0.5) is 4.39 Å². The van der Waals surface area contributed by atoms with Crippen LogP contribution in [-0.2, 0) is 0 Å². The van der Waals surface area contributed by atoms with Crippen LogP contribution in [0.2, 0.25) is 0 Å². The number of halogens is 1. The number of carbonyl (C=O) groups excluding carboxylic acids is 1. The first-order valence-electron chi connectivity index (χ1n) is 6.67. The Kier molecular flexibility index (Phi) is 3.07. The fraction of sp³-hybridized carbons (Fsp3) is 0.133. The molecule has 1 aliphatic heterocycles. The van der Waals surface area contributed by atoms with Crippen molar-refractivity contribution in [3.63, 3.8) is 0 Å². The standard InChI is InChI=1S/C15H10FN3O2S/c16-10-5-3-9(4-6-10)14-17-15-19(18-14)13(20)8-12(22-15)11-2-1-7-21-11/h1-7,12H,8H2/t12-/m0/s1. The Balaban J connectivity index is 1.69. The Hall–Kier alpha value is -2.41. The van der Waals surface area contributed by atoms with Gasteiger partial charge in [0, 0.05) is 12.0 Å². The zero-order chi connectivity index (χ0) is 15.1. The number of hydrogen-bond donors (Lipinski definition) is 0. The van der Waals surface area contributed by atoms with Crippen molar-refractivity contribution < 1.29 is 13.6 Å². The third kappa shape index (κ3) is 2.23. The van der Waals surface area contributed by atoms with Crippen molar-refractivity contribution in [3.8, 4) is 11.4 Å². The number of hydrogen-bond acceptors (Lipinski definition) is 5. The van der Waals surface area contributed by atoms with Gasteiger partial charge in [-0.25, -0.2) is 9.37 Å². The Bertz CT molecular complexity index is 827. The minimum absolute atomic E-state index is 0.0970. The van der Waals surface area contributed by atoms with Gasteiger partial charge in [-0.15, -0.1) is 5.10 Å². The number of thioether (sulfide) groups is 1. The second-order valence-electron chi connectivity index (χ2n) is 4.86. The van der Waals surface area contributed by atoms with E-state index in [1.165, 1.54) is 28.6 Å². The van der Waals surface area contributed by atoms with Gasteiger partial charge >= 0.3 is 0 Å². The predicted octanol–water partition coefficient (Wildman–Crippen LogP) is 3.55. The van der Waals surface area contributed by atoms with Gasteiger partial charge in [-0.2, -0.15) is 4.68 Å². The number of aromatic nitrogens is 3. The smallest absolute Gasteiger partial charge is 0.250 e. The van der Waals surface area contributed by atoms with Crippen molar-refractivity contribution in [1.82, 2.24) is 14.8 Å². The molecule has 0 spiro atoms. The van der Waals surface area contributed by atoms with Gasteiger partial charge in [-0.3, -0.25) is 4.79 Å². The lowest BCUT2D eigenvalue weighted by molar-refractivity contribution is 0.0865. The zero-order valence-electron chi connectivity index (χ0n) is 11.3. The molecule has 0 aliphatic carbocycles. The van der Waals surface area contributed by atoms with Crippen LogP contribution in [0, 0.1) is 5.82 Å². The quantitative estimate of drug-likeness (QED) is 0.723. The van der Waals surface area contributed by atoms with Gasteiger partial charge in [0.2, 0.25) is 0 Å².